The highest BCUT2D eigenvalue weighted by atomic mass is 19.1. The van der Waals surface area contributed by atoms with Crippen LogP contribution in [-0.2, 0) is 10.3 Å². The number of ether oxygens (including phenoxy) is 2. The third-order valence-electron chi connectivity index (χ3n) is 9.06. The van der Waals surface area contributed by atoms with Crippen LogP contribution in [0.3, 0.4) is 0 Å². The number of methoxy groups -OCH3 is 1. The highest BCUT2D eigenvalue weighted by Gasteiger charge is 2.43. The van der Waals surface area contributed by atoms with Crippen molar-refractivity contribution < 1.29 is 23.8 Å². The molecule has 7 nitrogen and oxygen atoms in total. The summed E-state index contributed by atoms with van der Waals surface area (Å²) in [7, 11) is 3.62. The van der Waals surface area contributed by atoms with Gasteiger partial charge in [-0.2, -0.15) is 0 Å². The van der Waals surface area contributed by atoms with Crippen LogP contribution in [0.25, 0.3) is 0 Å². The first-order valence-electron chi connectivity index (χ1n) is 15.9. The first kappa shape index (κ1) is 32.2. The summed E-state index contributed by atoms with van der Waals surface area (Å²) >= 11 is 0. The summed E-state index contributed by atoms with van der Waals surface area (Å²) in [6.07, 6.45) is 11.1. The molecule has 3 unspecified atom stereocenters. The van der Waals surface area contributed by atoms with Crippen molar-refractivity contribution in [2.75, 3.05) is 40.4 Å². The van der Waals surface area contributed by atoms with E-state index in [1.54, 1.807) is 19.2 Å². The molecule has 2 aliphatic rings. The average molecular weight is 584 g/mol. The van der Waals surface area contributed by atoms with Crippen LogP contribution in [0.4, 0.5) is 9.18 Å². The maximum atomic E-state index is 13.6. The standard InChI is InChI=1S/C34H50FN3O4/c1-36-24-29(23-26-11-4-3-5-12-26)37-33(39)38-21-10-13-27(25-38)34(40,20-8-9-22-41-2)31-14-6-7-15-32(31)42-30-18-16-28(35)17-19-30/h6-7,14-19,26-27,29,36,40H,3-5,8-13,20-25H2,1-2H3,(H,37,39). The normalized spacial score (nSPS) is 20.1. The lowest BCUT2D eigenvalue weighted by Crippen LogP contribution is -2.54. The zero-order valence-corrected chi connectivity index (χ0v) is 25.5. The van der Waals surface area contributed by atoms with Crippen molar-refractivity contribution in [3.63, 3.8) is 0 Å². The van der Waals surface area contributed by atoms with Crippen molar-refractivity contribution >= 4 is 6.03 Å². The molecule has 4 rings (SSSR count). The molecular formula is C34H50FN3O4. The Balaban J connectivity index is 1.52. The number of amides is 2. The van der Waals surface area contributed by atoms with Crippen LogP contribution < -0.4 is 15.4 Å². The lowest BCUT2D eigenvalue weighted by atomic mass is 9.73. The molecule has 3 atom stereocenters. The number of hydrogen-bond donors (Lipinski definition) is 3. The van der Waals surface area contributed by atoms with Gasteiger partial charge in [-0.15, -0.1) is 0 Å². The van der Waals surface area contributed by atoms with Crippen molar-refractivity contribution in [2.45, 2.75) is 82.3 Å². The molecule has 1 aliphatic carbocycles. The number of likely N-dealkylation sites (N-methyl/N-ethyl adjacent to an activating group) is 1. The minimum atomic E-state index is -1.21. The van der Waals surface area contributed by atoms with E-state index < -0.39 is 5.60 Å². The Morgan fingerprint density at radius 2 is 1.83 bits per heavy atom. The molecule has 3 N–H and O–H groups in total. The van der Waals surface area contributed by atoms with Crippen LogP contribution in [0.15, 0.2) is 48.5 Å². The van der Waals surface area contributed by atoms with Crippen LogP contribution in [0, 0.1) is 17.7 Å². The molecule has 2 fully saturated rings. The highest BCUT2D eigenvalue weighted by molar-refractivity contribution is 5.74. The Kier molecular flexibility index (Phi) is 12.5. The lowest BCUT2D eigenvalue weighted by molar-refractivity contribution is -0.0575. The monoisotopic (exact) mass is 583 g/mol. The Morgan fingerprint density at radius 3 is 2.57 bits per heavy atom. The molecule has 2 aromatic rings. The molecule has 2 aromatic carbocycles. The molecule has 8 heteroatoms. The number of benzene rings is 2. The van der Waals surface area contributed by atoms with E-state index in [1.807, 2.05) is 36.2 Å². The van der Waals surface area contributed by atoms with Crippen molar-refractivity contribution in [1.82, 2.24) is 15.5 Å². The number of nitrogens with zero attached hydrogens (tertiary/aromatic N) is 1. The first-order chi connectivity index (χ1) is 20.4. The maximum absolute atomic E-state index is 13.6. The number of unbranched alkanes of at least 4 members (excludes halogenated alkanes) is 1. The number of hydrogen-bond acceptors (Lipinski definition) is 5. The van der Waals surface area contributed by atoms with E-state index in [0.717, 1.165) is 38.6 Å². The van der Waals surface area contributed by atoms with E-state index in [0.29, 0.717) is 49.1 Å². The van der Waals surface area contributed by atoms with Gasteiger partial charge in [0.1, 0.15) is 17.3 Å². The summed E-state index contributed by atoms with van der Waals surface area (Å²) < 4.78 is 25.0. The van der Waals surface area contributed by atoms with Gasteiger partial charge in [-0.1, -0.05) is 50.3 Å². The van der Waals surface area contributed by atoms with Gasteiger partial charge in [0.25, 0.3) is 0 Å². The number of nitrogens with one attached hydrogen (secondary N) is 2. The van der Waals surface area contributed by atoms with Crippen LogP contribution in [0.1, 0.15) is 76.2 Å². The molecule has 2 amide bonds. The number of rotatable bonds is 14. The fraction of sp³-hybridized carbons (Fsp3) is 0.618. The number of piperidine rings is 1. The molecule has 1 saturated heterocycles. The van der Waals surface area contributed by atoms with E-state index in [4.69, 9.17) is 9.47 Å². The predicted molar refractivity (Wildman–Crippen MR) is 164 cm³/mol. The number of aliphatic hydroxyl groups is 1. The number of carbonyl (C=O) groups excluding carboxylic acids is 1. The van der Waals surface area contributed by atoms with Crippen LogP contribution in [0.2, 0.25) is 0 Å². The number of halogens is 1. The first-order valence-corrected chi connectivity index (χ1v) is 15.9. The van der Waals surface area contributed by atoms with Crippen molar-refractivity contribution in [1.29, 1.82) is 0 Å². The minimum Gasteiger partial charge on any atom is -0.457 e. The molecule has 0 radical (unpaired) electrons. The van der Waals surface area contributed by atoms with Gasteiger partial charge in [0.05, 0.1) is 5.60 Å². The topological polar surface area (TPSA) is 83.1 Å². The van der Waals surface area contributed by atoms with Crippen LogP contribution in [0.5, 0.6) is 11.5 Å². The summed E-state index contributed by atoms with van der Waals surface area (Å²) in [5, 5.41) is 19.1. The molecule has 232 valence electrons. The molecule has 42 heavy (non-hydrogen) atoms. The number of carbonyl (C=O) groups is 1. The number of para-hydroxylation sites is 1. The minimum absolute atomic E-state index is 0.0478. The third kappa shape index (κ3) is 8.91. The molecule has 1 heterocycles. The van der Waals surface area contributed by atoms with Gasteiger partial charge in [0.2, 0.25) is 0 Å². The fourth-order valence-electron chi connectivity index (χ4n) is 6.82. The SMILES string of the molecule is CNCC(CC1CCCCC1)NC(=O)N1CCCC(C(O)(CCCCOC)c2ccccc2Oc2ccc(F)cc2)C1. The summed E-state index contributed by atoms with van der Waals surface area (Å²) in [6, 6.07) is 13.5. The summed E-state index contributed by atoms with van der Waals surface area (Å²) in [4.78, 5) is 15.5. The summed E-state index contributed by atoms with van der Waals surface area (Å²) in [6.45, 7) is 2.51. The molecule has 1 aliphatic heterocycles. The maximum Gasteiger partial charge on any atom is 0.317 e. The van der Waals surface area contributed by atoms with E-state index in [2.05, 4.69) is 10.6 Å². The van der Waals surface area contributed by atoms with Gasteiger partial charge in [-0.3, -0.25) is 0 Å². The van der Waals surface area contributed by atoms with Crippen molar-refractivity contribution in [3.8, 4) is 11.5 Å². The zero-order valence-electron chi connectivity index (χ0n) is 25.5. The van der Waals surface area contributed by atoms with Gasteiger partial charge in [-0.05, 0) is 81.8 Å². The Labute approximate surface area is 251 Å². The van der Waals surface area contributed by atoms with E-state index in [1.165, 1.54) is 44.2 Å². The van der Waals surface area contributed by atoms with Gasteiger partial charge in [0.15, 0.2) is 0 Å². The molecule has 0 bridgehead atoms. The van der Waals surface area contributed by atoms with Gasteiger partial charge in [-0.25, -0.2) is 9.18 Å². The van der Waals surface area contributed by atoms with Crippen molar-refractivity contribution in [2.24, 2.45) is 11.8 Å². The lowest BCUT2D eigenvalue weighted by Gasteiger charge is -2.43. The second-order valence-corrected chi connectivity index (χ2v) is 12.2. The van der Waals surface area contributed by atoms with E-state index in [9.17, 15) is 14.3 Å². The van der Waals surface area contributed by atoms with Crippen LogP contribution in [-0.4, -0.2) is 62.5 Å². The summed E-state index contributed by atoms with van der Waals surface area (Å²) in [5.41, 5.74) is -0.514. The van der Waals surface area contributed by atoms with Gasteiger partial charge < -0.3 is 30.1 Å². The molecule has 1 saturated carbocycles. The Morgan fingerprint density at radius 1 is 1.07 bits per heavy atom. The quantitative estimate of drug-likeness (QED) is 0.218. The third-order valence-corrected chi connectivity index (χ3v) is 9.06. The van der Waals surface area contributed by atoms with Gasteiger partial charge in [0, 0.05) is 50.9 Å². The second kappa shape index (κ2) is 16.2. The smallest absolute Gasteiger partial charge is 0.317 e. The second-order valence-electron chi connectivity index (χ2n) is 12.2. The summed E-state index contributed by atoms with van der Waals surface area (Å²) in [5.74, 6) is 1.21. The van der Waals surface area contributed by atoms with Crippen LogP contribution >= 0.6 is 0 Å². The highest BCUT2D eigenvalue weighted by Crippen LogP contribution is 2.44. The molecular weight excluding hydrogens is 533 g/mol. The van der Waals surface area contributed by atoms with Crippen molar-refractivity contribution in [3.05, 3.63) is 59.9 Å². The average Bonchev–Trinajstić information content (AvgIpc) is 3.01. The Hall–Kier alpha value is -2.68. The molecule has 0 spiro atoms. The predicted octanol–water partition coefficient (Wildman–Crippen LogP) is 6.60. The largest absolute Gasteiger partial charge is 0.457 e. The fourth-order valence-corrected chi connectivity index (χ4v) is 6.82. The van der Waals surface area contributed by atoms with E-state index in [-0.39, 0.29) is 23.8 Å². The van der Waals surface area contributed by atoms with E-state index >= 15 is 0 Å². The zero-order chi connectivity index (χ0) is 29.8. The Bertz CT molecular complexity index is 1090. The number of likely N-dealkylation sites (tertiary alicyclic amines) is 1. The number of urea groups is 1. The van der Waals surface area contributed by atoms with Gasteiger partial charge >= 0.3 is 6.03 Å². The molecule has 0 aromatic heterocycles.